The van der Waals surface area contributed by atoms with Crippen molar-refractivity contribution in [2.24, 2.45) is 5.73 Å². The van der Waals surface area contributed by atoms with Crippen molar-refractivity contribution in [3.63, 3.8) is 0 Å². The van der Waals surface area contributed by atoms with Crippen molar-refractivity contribution in [2.45, 2.75) is 12.5 Å². The van der Waals surface area contributed by atoms with Crippen molar-refractivity contribution in [3.8, 4) is 5.75 Å². The highest BCUT2D eigenvalue weighted by atomic mass is 19.1. The molecule has 0 bridgehead atoms. The highest BCUT2D eigenvalue weighted by Gasteiger charge is 2.21. The molecule has 0 aliphatic carbocycles. The highest BCUT2D eigenvalue weighted by Crippen LogP contribution is 2.28. The molecule has 0 spiro atoms. The van der Waals surface area contributed by atoms with Crippen LogP contribution in [0.1, 0.15) is 16.8 Å². The van der Waals surface area contributed by atoms with E-state index in [1.165, 1.54) is 24.3 Å². The zero-order valence-corrected chi connectivity index (χ0v) is 15.6. The summed E-state index contributed by atoms with van der Waals surface area (Å²) >= 11 is 0. The van der Waals surface area contributed by atoms with E-state index < -0.39 is 6.04 Å². The average Bonchev–Trinajstić information content (AvgIpc) is 2.72. The third-order valence-corrected chi connectivity index (χ3v) is 5.02. The van der Waals surface area contributed by atoms with Crippen molar-refractivity contribution in [1.29, 1.82) is 0 Å². The topological polar surface area (TPSA) is 58.8 Å². The van der Waals surface area contributed by atoms with Gasteiger partial charge in [0.15, 0.2) is 5.78 Å². The maximum Gasteiger partial charge on any atom is 0.179 e. The molecule has 1 heterocycles. The molecular weight excluding hydrogens is 345 g/mol. The number of hydrogen-bond acceptors (Lipinski definition) is 5. The molecule has 1 aliphatic rings. The minimum atomic E-state index is -0.567. The number of hydrogen-bond donors (Lipinski definition) is 1. The van der Waals surface area contributed by atoms with Gasteiger partial charge in [-0.3, -0.25) is 9.69 Å². The van der Waals surface area contributed by atoms with Gasteiger partial charge in [-0.15, -0.1) is 0 Å². The maximum atomic E-state index is 13.0. The van der Waals surface area contributed by atoms with E-state index in [1.54, 1.807) is 7.11 Å². The van der Waals surface area contributed by atoms with Gasteiger partial charge in [0.05, 0.1) is 18.8 Å². The smallest absolute Gasteiger partial charge is 0.179 e. The van der Waals surface area contributed by atoms with Gasteiger partial charge in [0.2, 0.25) is 0 Å². The molecule has 3 rings (SSSR count). The summed E-state index contributed by atoms with van der Waals surface area (Å²) < 4.78 is 18.4. The van der Waals surface area contributed by atoms with Crippen molar-refractivity contribution >= 4 is 11.5 Å². The normalized spacial score (nSPS) is 16.2. The molecule has 2 aromatic carbocycles. The second kappa shape index (κ2) is 8.97. The third kappa shape index (κ3) is 4.84. The van der Waals surface area contributed by atoms with E-state index in [9.17, 15) is 9.18 Å². The molecule has 2 aromatic rings. The van der Waals surface area contributed by atoms with Crippen LogP contribution in [0, 0.1) is 5.82 Å². The van der Waals surface area contributed by atoms with E-state index in [0.29, 0.717) is 12.0 Å². The summed E-state index contributed by atoms with van der Waals surface area (Å²) in [5.41, 5.74) is 7.64. The van der Waals surface area contributed by atoms with E-state index in [2.05, 4.69) is 15.9 Å². The number of benzene rings is 2. The van der Waals surface area contributed by atoms with E-state index in [0.717, 1.165) is 44.2 Å². The van der Waals surface area contributed by atoms with Crippen LogP contribution in [0.15, 0.2) is 48.5 Å². The Morgan fingerprint density at radius 1 is 1.11 bits per heavy atom. The quantitative estimate of drug-likeness (QED) is 0.758. The second-order valence-corrected chi connectivity index (χ2v) is 6.77. The Bertz CT molecular complexity index is 758. The summed E-state index contributed by atoms with van der Waals surface area (Å²) in [4.78, 5) is 17.0. The molecule has 1 atom stereocenters. The largest absolute Gasteiger partial charge is 0.495 e. The Hall–Kier alpha value is -2.44. The molecule has 1 fully saturated rings. The summed E-state index contributed by atoms with van der Waals surface area (Å²) in [6.45, 7) is 4.40. The van der Waals surface area contributed by atoms with Gasteiger partial charge in [0.1, 0.15) is 11.6 Å². The van der Waals surface area contributed by atoms with Crippen molar-refractivity contribution in [3.05, 3.63) is 59.9 Å². The zero-order chi connectivity index (χ0) is 19.2. The molecule has 2 N–H and O–H groups in total. The summed E-state index contributed by atoms with van der Waals surface area (Å²) in [6.07, 6.45) is 0.588. The van der Waals surface area contributed by atoms with Gasteiger partial charge in [-0.1, -0.05) is 12.1 Å². The van der Waals surface area contributed by atoms with Crippen LogP contribution in [0.5, 0.6) is 5.75 Å². The SMILES string of the molecule is COc1ccccc1N1CCN(CCC(N)C(=O)c2ccc(F)cc2)CC1. The first kappa shape index (κ1) is 19.3. The molecule has 0 saturated carbocycles. The van der Waals surface area contributed by atoms with Crippen LogP contribution in [0.25, 0.3) is 0 Å². The number of halogens is 1. The fourth-order valence-corrected chi connectivity index (χ4v) is 3.38. The number of nitrogens with zero attached hydrogens (tertiary/aromatic N) is 2. The van der Waals surface area contributed by atoms with Crippen LogP contribution in [-0.4, -0.2) is 56.6 Å². The predicted molar refractivity (Wildman–Crippen MR) is 105 cm³/mol. The van der Waals surface area contributed by atoms with Crippen LogP contribution in [0.3, 0.4) is 0 Å². The molecule has 1 aliphatic heterocycles. The number of piperazine rings is 1. The monoisotopic (exact) mass is 371 g/mol. The number of Topliss-reactive ketones (excluding diaryl/α,β-unsaturated/α-hetero) is 1. The Morgan fingerprint density at radius 2 is 1.78 bits per heavy atom. The molecule has 0 amide bonds. The van der Waals surface area contributed by atoms with Gasteiger partial charge in [-0.25, -0.2) is 4.39 Å². The van der Waals surface area contributed by atoms with Crippen molar-refractivity contribution < 1.29 is 13.9 Å². The Morgan fingerprint density at radius 3 is 2.44 bits per heavy atom. The summed E-state index contributed by atoms with van der Waals surface area (Å²) in [7, 11) is 1.69. The van der Waals surface area contributed by atoms with E-state index in [-0.39, 0.29) is 11.6 Å². The number of carbonyl (C=O) groups excluding carboxylic acids is 1. The average molecular weight is 371 g/mol. The number of ketones is 1. The first-order valence-corrected chi connectivity index (χ1v) is 9.24. The van der Waals surface area contributed by atoms with Crippen LogP contribution >= 0.6 is 0 Å². The Balaban J connectivity index is 1.48. The summed E-state index contributed by atoms with van der Waals surface area (Å²) in [6, 6.07) is 13.0. The molecule has 27 heavy (non-hydrogen) atoms. The number of nitrogens with two attached hydrogens (primary N) is 1. The number of carbonyl (C=O) groups is 1. The van der Waals surface area contributed by atoms with E-state index >= 15 is 0 Å². The van der Waals surface area contributed by atoms with Gasteiger partial charge < -0.3 is 15.4 Å². The first-order valence-electron chi connectivity index (χ1n) is 9.24. The van der Waals surface area contributed by atoms with Crippen molar-refractivity contribution in [1.82, 2.24) is 4.90 Å². The number of ether oxygens (including phenoxy) is 1. The van der Waals surface area contributed by atoms with Gasteiger partial charge in [0.25, 0.3) is 0 Å². The standard InChI is InChI=1S/C21H26FN3O2/c1-27-20-5-3-2-4-19(20)25-14-12-24(13-15-25)11-10-18(23)21(26)16-6-8-17(22)9-7-16/h2-9,18H,10-15,23H2,1H3. The summed E-state index contributed by atoms with van der Waals surface area (Å²) in [5, 5.41) is 0. The van der Waals surface area contributed by atoms with Crippen LogP contribution in [0.2, 0.25) is 0 Å². The number of methoxy groups -OCH3 is 1. The highest BCUT2D eigenvalue weighted by molar-refractivity contribution is 5.99. The molecule has 1 saturated heterocycles. The molecule has 144 valence electrons. The van der Waals surface area contributed by atoms with E-state index in [4.69, 9.17) is 10.5 Å². The molecule has 0 aromatic heterocycles. The summed E-state index contributed by atoms with van der Waals surface area (Å²) in [5.74, 6) is 0.397. The predicted octanol–water partition coefficient (Wildman–Crippen LogP) is 2.56. The van der Waals surface area contributed by atoms with Crippen LogP contribution in [0.4, 0.5) is 10.1 Å². The van der Waals surface area contributed by atoms with Gasteiger partial charge in [-0.2, -0.15) is 0 Å². The van der Waals surface area contributed by atoms with Crippen LogP contribution in [-0.2, 0) is 0 Å². The fourth-order valence-electron chi connectivity index (χ4n) is 3.38. The van der Waals surface area contributed by atoms with Crippen molar-refractivity contribution in [2.75, 3.05) is 44.7 Å². The molecule has 1 unspecified atom stereocenters. The van der Waals surface area contributed by atoms with Gasteiger partial charge in [-0.05, 0) is 42.8 Å². The Kier molecular flexibility index (Phi) is 6.42. The molecule has 6 heteroatoms. The second-order valence-electron chi connectivity index (χ2n) is 6.77. The Labute approximate surface area is 159 Å². The molecule has 0 radical (unpaired) electrons. The van der Waals surface area contributed by atoms with Gasteiger partial charge >= 0.3 is 0 Å². The lowest BCUT2D eigenvalue weighted by molar-refractivity contribution is 0.0949. The lowest BCUT2D eigenvalue weighted by Gasteiger charge is -2.36. The van der Waals surface area contributed by atoms with E-state index in [1.807, 2.05) is 18.2 Å². The van der Waals surface area contributed by atoms with Crippen LogP contribution < -0.4 is 15.4 Å². The molecule has 5 nitrogen and oxygen atoms in total. The van der Waals surface area contributed by atoms with Gasteiger partial charge in [0, 0.05) is 38.3 Å². The fraction of sp³-hybridized carbons (Fsp3) is 0.381. The minimum Gasteiger partial charge on any atom is -0.495 e. The minimum absolute atomic E-state index is 0.136. The lowest BCUT2D eigenvalue weighted by Crippen LogP contribution is -2.48. The number of para-hydroxylation sites is 2. The lowest BCUT2D eigenvalue weighted by atomic mass is 10.0. The number of rotatable bonds is 7. The third-order valence-electron chi connectivity index (χ3n) is 5.02. The maximum absolute atomic E-state index is 13.0. The molecular formula is C21H26FN3O2. The first-order chi connectivity index (χ1) is 13.1. The number of anilines is 1. The zero-order valence-electron chi connectivity index (χ0n) is 15.6.